The highest BCUT2D eigenvalue weighted by atomic mass is 16.6. The number of nitrogens with two attached hydrogens (primary N) is 1. The second kappa shape index (κ2) is 18.8. The van der Waals surface area contributed by atoms with Crippen molar-refractivity contribution >= 4 is 0 Å². The molecule has 0 heterocycles. The van der Waals surface area contributed by atoms with E-state index in [0.29, 0.717) is 0 Å². The van der Waals surface area contributed by atoms with Crippen molar-refractivity contribution in [3.63, 3.8) is 0 Å². The molecule has 3 fully saturated rings. The lowest BCUT2D eigenvalue weighted by Crippen LogP contribution is -2.63. The Morgan fingerprint density at radius 2 is 1.13 bits per heavy atom. The van der Waals surface area contributed by atoms with Gasteiger partial charge in [-0.2, -0.15) is 0 Å². The fraction of sp³-hybridized carbons (Fsp3) is 0.935. The molecule has 0 aromatic rings. The molecule has 46 heavy (non-hydrogen) atoms. The molecule has 0 aromatic carbocycles. The normalized spacial score (nSPS) is 43.5. The third-order valence-corrected chi connectivity index (χ3v) is 9.85. The SMILES string of the molecule is CCCCCC=C[C@@H](O)[C@@H](N)COC1CC(CO)C(OC2CC(CO)C(OC3CC(CO)C(O)C(O)C3O)C(O)C2O)C(O)C1O. The minimum Gasteiger partial charge on any atom is -0.396 e. The summed E-state index contributed by atoms with van der Waals surface area (Å²) in [7, 11) is 0. The summed E-state index contributed by atoms with van der Waals surface area (Å²) < 4.78 is 17.6. The van der Waals surface area contributed by atoms with E-state index in [-0.39, 0.29) is 25.9 Å². The molecule has 0 saturated heterocycles. The molecule has 15 heteroatoms. The lowest BCUT2D eigenvalue weighted by Gasteiger charge is -2.48. The zero-order chi connectivity index (χ0) is 34.1. The Labute approximate surface area is 269 Å². The number of unbranched alkanes of at least 4 members (excludes halogenated alkanes) is 3. The number of rotatable bonds is 16. The summed E-state index contributed by atoms with van der Waals surface area (Å²) in [5.41, 5.74) is 6.06. The third-order valence-electron chi connectivity index (χ3n) is 9.85. The lowest BCUT2D eigenvalue weighted by atomic mass is 9.78. The highest BCUT2D eigenvalue weighted by molar-refractivity contribution is 5.01. The quantitative estimate of drug-likeness (QED) is 0.0557. The molecular formula is C31H57NO14. The summed E-state index contributed by atoms with van der Waals surface area (Å²) >= 11 is 0. The van der Waals surface area contributed by atoms with Crippen molar-refractivity contribution in [2.24, 2.45) is 23.5 Å². The fourth-order valence-electron chi connectivity index (χ4n) is 6.80. The van der Waals surface area contributed by atoms with Gasteiger partial charge in [0.1, 0.15) is 36.6 Å². The number of allylic oxidation sites excluding steroid dienone is 1. The van der Waals surface area contributed by atoms with Crippen molar-refractivity contribution in [2.75, 3.05) is 26.4 Å². The molecule has 15 unspecified atom stereocenters. The number of aliphatic hydroxyl groups excluding tert-OH is 11. The number of ether oxygens (including phenoxy) is 3. The van der Waals surface area contributed by atoms with Gasteiger partial charge in [-0.3, -0.25) is 0 Å². The van der Waals surface area contributed by atoms with Crippen LogP contribution in [0.5, 0.6) is 0 Å². The van der Waals surface area contributed by atoms with E-state index in [2.05, 4.69) is 6.92 Å². The van der Waals surface area contributed by atoms with Crippen LogP contribution in [0.3, 0.4) is 0 Å². The summed E-state index contributed by atoms with van der Waals surface area (Å²) in [6.07, 6.45) is -10.1. The van der Waals surface area contributed by atoms with Crippen LogP contribution in [-0.2, 0) is 14.2 Å². The molecule has 13 N–H and O–H groups in total. The number of hydrogen-bond donors (Lipinski definition) is 12. The van der Waals surface area contributed by atoms with Crippen LogP contribution in [0.2, 0.25) is 0 Å². The smallest absolute Gasteiger partial charge is 0.109 e. The van der Waals surface area contributed by atoms with Gasteiger partial charge < -0.3 is 76.1 Å². The van der Waals surface area contributed by atoms with Crippen molar-refractivity contribution < 1.29 is 70.4 Å². The first-order valence-corrected chi connectivity index (χ1v) is 16.5. The van der Waals surface area contributed by atoms with Crippen molar-refractivity contribution in [3.05, 3.63) is 12.2 Å². The van der Waals surface area contributed by atoms with E-state index >= 15 is 0 Å². The Kier molecular flexibility index (Phi) is 16.2. The highest BCUT2D eigenvalue weighted by Crippen LogP contribution is 2.38. The zero-order valence-electron chi connectivity index (χ0n) is 26.5. The minimum absolute atomic E-state index is 0.0510. The zero-order valence-corrected chi connectivity index (χ0v) is 26.5. The van der Waals surface area contributed by atoms with Crippen molar-refractivity contribution in [2.45, 2.75) is 137 Å². The molecule has 0 radical (unpaired) electrons. The molecule has 3 saturated carbocycles. The molecule has 0 spiro atoms. The topological polar surface area (TPSA) is 276 Å². The van der Waals surface area contributed by atoms with Crippen LogP contribution in [0.4, 0.5) is 0 Å². The van der Waals surface area contributed by atoms with Crippen LogP contribution < -0.4 is 5.73 Å². The van der Waals surface area contributed by atoms with E-state index in [1.54, 1.807) is 6.08 Å². The maximum atomic E-state index is 11.0. The molecule has 15 nitrogen and oxygen atoms in total. The molecule has 3 aliphatic rings. The molecule has 0 bridgehead atoms. The molecule has 17 atom stereocenters. The summed E-state index contributed by atoms with van der Waals surface area (Å²) in [5, 5.41) is 115. The Morgan fingerprint density at radius 1 is 0.652 bits per heavy atom. The van der Waals surface area contributed by atoms with Gasteiger partial charge in [0.2, 0.25) is 0 Å². The van der Waals surface area contributed by atoms with Crippen LogP contribution in [-0.4, -0.2) is 168 Å². The van der Waals surface area contributed by atoms with E-state index in [9.17, 15) is 56.2 Å². The molecule has 3 rings (SSSR count). The van der Waals surface area contributed by atoms with Crippen molar-refractivity contribution in [1.29, 1.82) is 0 Å². The Bertz CT molecular complexity index is 895. The fourth-order valence-corrected chi connectivity index (χ4v) is 6.80. The largest absolute Gasteiger partial charge is 0.396 e. The van der Waals surface area contributed by atoms with E-state index in [0.717, 1.165) is 25.7 Å². The minimum atomic E-state index is -1.65. The molecule has 0 aromatic heterocycles. The van der Waals surface area contributed by atoms with E-state index in [1.165, 1.54) is 0 Å². The van der Waals surface area contributed by atoms with E-state index in [1.807, 2.05) is 6.08 Å². The molecule has 0 amide bonds. The average molecular weight is 668 g/mol. The summed E-state index contributed by atoms with van der Waals surface area (Å²) in [4.78, 5) is 0. The standard InChI is InChI=1S/C31H57NO14/c1-2-3-4-5-6-7-19(36)18(32)14-44-20-9-16(12-34)30(28(42)24(20)38)46-22-10-17(13-35)31(29(43)26(22)40)45-21-8-15(11-33)23(37)27(41)25(21)39/h6-7,15-31,33-43H,2-5,8-14,32H2,1H3/t15?,16?,17?,18-,19+,20?,21?,22?,23?,24?,25?,26?,27?,28?,29?,30?,31?/m0/s1. The summed E-state index contributed by atoms with van der Waals surface area (Å²) in [5.74, 6) is -2.40. The Hall–Kier alpha value is -0.860. The van der Waals surface area contributed by atoms with Gasteiger partial charge in [-0.25, -0.2) is 0 Å². The van der Waals surface area contributed by atoms with Gasteiger partial charge in [-0.1, -0.05) is 31.9 Å². The van der Waals surface area contributed by atoms with Crippen LogP contribution in [0.1, 0.15) is 51.9 Å². The first-order chi connectivity index (χ1) is 21.9. The van der Waals surface area contributed by atoms with Crippen LogP contribution in [0.25, 0.3) is 0 Å². The van der Waals surface area contributed by atoms with E-state index in [4.69, 9.17) is 19.9 Å². The van der Waals surface area contributed by atoms with Gasteiger partial charge in [-0.15, -0.1) is 0 Å². The lowest BCUT2D eigenvalue weighted by molar-refractivity contribution is -0.262. The Balaban J connectivity index is 1.60. The monoisotopic (exact) mass is 667 g/mol. The second-order valence-corrected chi connectivity index (χ2v) is 13.2. The van der Waals surface area contributed by atoms with Gasteiger partial charge in [0.05, 0.1) is 55.4 Å². The molecular weight excluding hydrogens is 610 g/mol. The van der Waals surface area contributed by atoms with Crippen molar-refractivity contribution in [3.8, 4) is 0 Å². The molecule has 270 valence electrons. The van der Waals surface area contributed by atoms with Crippen molar-refractivity contribution in [1.82, 2.24) is 0 Å². The van der Waals surface area contributed by atoms with Crippen LogP contribution in [0.15, 0.2) is 12.2 Å². The first-order valence-electron chi connectivity index (χ1n) is 16.5. The number of aliphatic hydroxyl groups is 11. The highest BCUT2D eigenvalue weighted by Gasteiger charge is 2.52. The van der Waals surface area contributed by atoms with E-state index < -0.39 is 123 Å². The summed E-state index contributed by atoms with van der Waals surface area (Å²) in [6, 6.07) is -0.796. The molecule has 0 aliphatic heterocycles. The Morgan fingerprint density at radius 3 is 1.65 bits per heavy atom. The van der Waals surface area contributed by atoms with Crippen LogP contribution in [0, 0.1) is 17.8 Å². The number of hydrogen-bond acceptors (Lipinski definition) is 15. The van der Waals surface area contributed by atoms with Gasteiger partial charge in [0.15, 0.2) is 0 Å². The van der Waals surface area contributed by atoms with Gasteiger partial charge in [-0.05, 0) is 32.1 Å². The van der Waals surface area contributed by atoms with Gasteiger partial charge >= 0.3 is 0 Å². The van der Waals surface area contributed by atoms with Gasteiger partial charge in [0, 0.05) is 37.6 Å². The van der Waals surface area contributed by atoms with Gasteiger partial charge in [0.25, 0.3) is 0 Å². The third kappa shape index (κ3) is 9.64. The summed E-state index contributed by atoms with van der Waals surface area (Å²) in [6.45, 7) is 0.488. The predicted molar refractivity (Wildman–Crippen MR) is 162 cm³/mol. The maximum absolute atomic E-state index is 11.0. The average Bonchev–Trinajstić information content (AvgIpc) is 3.05. The molecule has 3 aliphatic carbocycles. The second-order valence-electron chi connectivity index (χ2n) is 13.2. The predicted octanol–water partition coefficient (Wildman–Crippen LogP) is -3.73. The first kappa shape index (κ1) is 39.6. The maximum Gasteiger partial charge on any atom is 0.109 e. The van der Waals surface area contributed by atoms with Crippen LogP contribution >= 0.6 is 0 Å².